The van der Waals surface area contributed by atoms with Gasteiger partial charge in [0.25, 0.3) is 5.91 Å². The van der Waals surface area contributed by atoms with E-state index in [9.17, 15) is 14.4 Å². The second kappa shape index (κ2) is 10.6. The number of nitrogens with zero attached hydrogens (tertiary/aromatic N) is 4. The number of ether oxygens (including phenoxy) is 1. The Morgan fingerprint density at radius 2 is 1.75 bits per heavy atom. The minimum absolute atomic E-state index is 0.0890. The Morgan fingerprint density at radius 1 is 1.08 bits per heavy atom. The Balaban J connectivity index is 1.34. The molecule has 3 aromatic rings. The first kappa shape index (κ1) is 25.0. The third-order valence-corrected chi connectivity index (χ3v) is 6.02. The van der Waals surface area contributed by atoms with Gasteiger partial charge >= 0.3 is 0 Å². The fourth-order valence-corrected chi connectivity index (χ4v) is 3.87. The van der Waals surface area contributed by atoms with Crippen LogP contribution in [0.1, 0.15) is 43.5 Å². The Kier molecular flexibility index (Phi) is 7.39. The van der Waals surface area contributed by atoms with Gasteiger partial charge in [-0.3, -0.25) is 4.79 Å². The van der Waals surface area contributed by atoms with Crippen LogP contribution in [0.3, 0.4) is 0 Å². The van der Waals surface area contributed by atoms with Crippen LogP contribution in [0, 0.1) is 17.1 Å². The molecule has 0 atom stereocenters. The third kappa shape index (κ3) is 6.11. The lowest BCUT2D eigenvalue weighted by Crippen LogP contribution is -2.50. The lowest BCUT2D eigenvalue weighted by Gasteiger charge is -2.34. The molecule has 0 aliphatic carbocycles. The highest BCUT2D eigenvalue weighted by Gasteiger charge is 2.26. The third-order valence-electron chi connectivity index (χ3n) is 6.02. The van der Waals surface area contributed by atoms with Crippen LogP contribution in [-0.2, 0) is 10.2 Å². The molecule has 2 heterocycles. The highest BCUT2D eigenvalue weighted by molar-refractivity contribution is 5.78. The van der Waals surface area contributed by atoms with E-state index in [0.29, 0.717) is 43.7 Å². The average molecular weight is 489 g/mol. The first-order chi connectivity index (χ1) is 17.2. The van der Waals surface area contributed by atoms with Gasteiger partial charge in [0.1, 0.15) is 17.6 Å². The summed E-state index contributed by atoms with van der Waals surface area (Å²) in [5.41, 5.74) is 2.57. The highest BCUT2D eigenvalue weighted by atomic mass is 19.1. The SMILES string of the molecule is CC(C)(C)c1ccc(/C=C/c2nc(C#N)c(N3CCN(C(=O)COc4ccc(F)cc4)CC3)o2)cc1. The summed E-state index contributed by atoms with van der Waals surface area (Å²) in [7, 11) is 0. The second-order valence-electron chi connectivity index (χ2n) is 9.63. The summed E-state index contributed by atoms with van der Waals surface area (Å²) < 4.78 is 24.4. The van der Waals surface area contributed by atoms with Crippen LogP contribution in [-0.4, -0.2) is 48.6 Å². The molecule has 186 valence electrons. The van der Waals surface area contributed by atoms with Crippen LogP contribution in [0.5, 0.6) is 5.75 Å². The average Bonchev–Trinajstić information content (AvgIpc) is 3.30. The Hall–Kier alpha value is -4.12. The molecule has 7 nitrogen and oxygen atoms in total. The molecule has 1 fully saturated rings. The lowest BCUT2D eigenvalue weighted by atomic mass is 9.87. The molecule has 0 radical (unpaired) electrons. The number of nitriles is 1. The van der Waals surface area contributed by atoms with Crippen LogP contribution in [0.15, 0.2) is 52.9 Å². The fourth-order valence-electron chi connectivity index (χ4n) is 3.87. The van der Waals surface area contributed by atoms with Gasteiger partial charge in [0.2, 0.25) is 17.5 Å². The molecule has 1 aliphatic heterocycles. The van der Waals surface area contributed by atoms with E-state index >= 15 is 0 Å². The fraction of sp³-hybridized carbons (Fsp3) is 0.321. The van der Waals surface area contributed by atoms with E-state index in [4.69, 9.17) is 9.15 Å². The highest BCUT2D eigenvalue weighted by Crippen LogP contribution is 2.25. The number of benzene rings is 2. The lowest BCUT2D eigenvalue weighted by molar-refractivity contribution is -0.133. The maximum Gasteiger partial charge on any atom is 0.260 e. The molecule has 0 bridgehead atoms. The number of carbonyl (C=O) groups excluding carboxylic acids is 1. The maximum absolute atomic E-state index is 13.0. The smallest absolute Gasteiger partial charge is 0.260 e. The number of rotatable bonds is 6. The van der Waals surface area contributed by atoms with E-state index < -0.39 is 0 Å². The quantitative estimate of drug-likeness (QED) is 0.492. The first-order valence-corrected chi connectivity index (χ1v) is 11.8. The molecule has 2 aromatic carbocycles. The Morgan fingerprint density at radius 3 is 2.36 bits per heavy atom. The molecule has 0 unspecified atom stereocenters. The van der Waals surface area contributed by atoms with E-state index in [0.717, 1.165) is 5.56 Å². The van der Waals surface area contributed by atoms with Crippen molar-refractivity contribution in [3.8, 4) is 11.8 Å². The van der Waals surface area contributed by atoms with Crippen LogP contribution < -0.4 is 9.64 Å². The van der Waals surface area contributed by atoms with Gasteiger partial charge in [0, 0.05) is 32.3 Å². The number of amides is 1. The largest absolute Gasteiger partial charge is 0.484 e. The van der Waals surface area contributed by atoms with Gasteiger partial charge in [0.05, 0.1) is 0 Å². The van der Waals surface area contributed by atoms with E-state index in [-0.39, 0.29) is 29.4 Å². The molecule has 36 heavy (non-hydrogen) atoms. The monoisotopic (exact) mass is 488 g/mol. The van der Waals surface area contributed by atoms with Crippen LogP contribution in [0.25, 0.3) is 12.2 Å². The molecule has 0 saturated carbocycles. The summed E-state index contributed by atoms with van der Waals surface area (Å²) in [6, 6.07) is 15.9. The van der Waals surface area contributed by atoms with E-state index in [1.165, 1.54) is 29.8 Å². The number of hydrogen-bond acceptors (Lipinski definition) is 6. The van der Waals surface area contributed by atoms with Gasteiger partial charge < -0.3 is 19.0 Å². The minimum atomic E-state index is -0.359. The Labute approximate surface area is 210 Å². The van der Waals surface area contributed by atoms with Crippen molar-refractivity contribution in [2.45, 2.75) is 26.2 Å². The van der Waals surface area contributed by atoms with E-state index in [1.54, 1.807) is 11.0 Å². The van der Waals surface area contributed by atoms with Crippen molar-refractivity contribution in [3.05, 3.63) is 77.1 Å². The van der Waals surface area contributed by atoms with Crippen molar-refractivity contribution in [2.75, 3.05) is 37.7 Å². The number of oxazole rings is 1. The molecule has 1 aliphatic rings. The molecule has 1 amide bonds. The van der Waals surface area contributed by atoms with Gasteiger partial charge in [-0.05, 0) is 46.9 Å². The summed E-state index contributed by atoms with van der Waals surface area (Å²) in [6.45, 7) is 8.33. The van der Waals surface area contributed by atoms with Crippen LogP contribution in [0.2, 0.25) is 0 Å². The second-order valence-corrected chi connectivity index (χ2v) is 9.63. The molecule has 1 saturated heterocycles. The molecule has 4 rings (SSSR count). The molecule has 1 aromatic heterocycles. The summed E-state index contributed by atoms with van der Waals surface area (Å²) >= 11 is 0. The van der Waals surface area contributed by atoms with E-state index in [1.807, 2.05) is 23.1 Å². The Bertz CT molecular complexity index is 1260. The van der Waals surface area contributed by atoms with Gasteiger partial charge in [-0.25, -0.2) is 4.39 Å². The number of halogens is 1. The zero-order valence-corrected chi connectivity index (χ0v) is 20.7. The van der Waals surface area contributed by atoms with Crippen molar-refractivity contribution >= 4 is 23.9 Å². The number of aromatic nitrogens is 1. The van der Waals surface area contributed by atoms with Gasteiger partial charge in [-0.1, -0.05) is 45.0 Å². The van der Waals surface area contributed by atoms with Crippen LogP contribution in [0.4, 0.5) is 10.3 Å². The van der Waals surface area contributed by atoms with Crippen molar-refractivity contribution in [3.63, 3.8) is 0 Å². The van der Waals surface area contributed by atoms with E-state index in [2.05, 4.69) is 44.0 Å². The van der Waals surface area contributed by atoms with Gasteiger partial charge in [0.15, 0.2) is 6.61 Å². The number of carbonyl (C=O) groups is 1. The van der Waals surface area contributed by atoms with Crippen LogP contribution >= 0.6 is 0 Å². The zero-order valence-electron chi connectivity index (χ0n) is 20.7. The van der Waals surface area contributed by atoms with Crippen molar-refractivity contribution in [2.24, 2.45) is 0 Å². The standard InChI is InChI=1S/C28H29FN4O3/c1-28(2,3)21-7-4-20(5-8-21)6-13-25-31-24(18-30)27(36-25)33-16-14-32(15-17-33)26(34)19-35-23-11-9-22(29)10-12-23/h4-13H,14-17,19H2,1-3H3/b13-6+. The summed E-state index contributed by atoms with van der Waals surface area (Å²) in [6.07, 6.45) is 3.66. The molecular weight excluding hydrogens is 459 g/mol. The summed E-state index contributed by atoms with van der Waals surface area (Å²) in [4.78, 5) is 20.5. The topological polar surface area (TPSA) is 82.6 Å². The molecular formula is C28H29FN4O3. The van der Waals surface area contributed by atoms with Gasteiger partial charge in [-0.15, -0.1) is 0 Å². The number of piperazine rings is 1. The minimum Gasteiger partial charge on any atom is -0.484 e. The normalized spacial score (nSPS) is 14.2. The summed E-state index contributed by atoms with van der Waals surface area (Å²) in [5.74, 6) is 0.692. The maximum atomic E-state index is 13.0. The first-order valence-electron chi connectivity index (χ1n) is 11.8. The predicted molar refractivity (Wildman–Crippen MR) is 136 cm³/mol. The van der Waals surface area contributed by atoms with Crippen molar-refractivity contribution in [1.82, 2.24) is 9.88 Å². The van der Waals surface area contributed by atoms with Crippen molar-refractivity contribution < 1.29 is 18.3 Å². The number of hydrogen-bond donors (Lipinski definition) is 0. The predicted octanol–water partition coefficient (Wildman–Crippen LogP) is 4.88. The van der Waals surface area contributed by atoms with Crippen molar-refractivity contribution in [1.29, 1.82) is 5.26 Å². The van der Waals surface area contributed by atoms with Gasteiger partial charge in [-0.2, -0.15) is 10.2 Å². The molecule has 0 spiro atoms. The molecule has 0 N–H and O–H groups in total. The zero-order chi connectivity index (χ0) is 25.7. The summed E-state index contributed by atoms with van der Waals surface area (Å²) in [5, 5.41) is 9.56. The molecule has 8 heteroatoms. The number of anilines is 1.